The van der Waals surface area contributed by atoms with Gasteiger partial charge in [0, 0.05) is 42.3 Å². The molecular formula is C25H31N3O5S. The first kappa shape index (κ1) is 24.1. The molecule has 1 aromatic heterocycles. The van der Waals surface area contributed by atoms with Crippen LogP contribution in [-0.2, 0) is 21.4 Å². The smallest absolute Gasteiger partial charge is 0.243 e. The van der Waals surface area contributed by atoms with E-state index >= 15 is 0 Å². The van der Waals surface area contributed by atoms with Crippen LogP contribution in [-0.4, -0.2) is 50.5 Å². The molecule has 1 aliphatic heterocycles. The predicted octanol–water partition coefficient (Wildman–Crippen LogP) is 3.71. The lowest BCUT2D eigenvalue weighted by atomic mass is 10.1. The third-order valence-corrected chi connectivity index (χ3v) is 8.27. The zero-order chi connectivity index (χ0) is 24.3. The third-order valence-electron chi connectivity index (χ3n) is 6.38. The zero-order valence-electron chi connectivity index (χ0n) is 19.8. The number of hydrogen-bond donors (Lipinski definition) is 1. The first-order valence-electron chi connectivity index (χ1n) is 11.4. The molecule has 0 saturated carbocycles. The Labute approximate surface area is 200 Å². The second-order valence-corrected chi connectivity index (χ2v) is 10.4. The van der Waals surface area contributed by atoms with E-state index in [1.54, 1.807) is 42.8 Å². The lowest BCUT2D eigenvalue weighted by Crippen LogP contribution is -2.35. The van der Waals surface area contributed by atoms with Crippen LogP contribution < -0.4 is 14.8 Å². The number of carbonyl (C=O) groups is 1. The molecule has 4 rings (SSSR count). The number of hydrogen-bond acceptors (Lipinski definition) is 5. The average Bonchev–Trinajstić information content (AvgIpc) is 3.30. The Bertz CT molecular complexity index is 1280. The summed E-state index contributed by atoms with van der Waals surface area (Å²) in [5.41, 5.74) is 1.62. The van der Waals surface area contributed by atoms with Gasteiger partial charge in [0.15, 0.2) is 11.5 Å². The zero-order valence-corrected chi connectivity index (χ0v) is 20.6. The number of amides is 1. The molecule has 1 saturated heterocycles. The minimum Gasteiger partial charge on any atom is -0.493 e. The quantitative estimate of drug-likeness (QED) is 0.525. The average molecular weight is 486 g/mol. The number of nitrogens with one attached hydrogen (secondary N) is 1. The molecular weight excluding hydrogens is 454 g/mol. The number of ether oxygens (including phenoxy) is 2. The summed E-state index contributed by atoms with van der Waals surface area (Å²) in [4.78, 5) is 13.2. The van der Waals surface area contributed by atoms with Gasteiger partial charge in [0.05, 0.1) is 19.1 Å². The van der Waals surface area contributed by atoms with Crippen LogP contribution in [0.3, 0.4) is 0 Å². The van der Waals surface area contributed by atoms with E-state index in [0.29, 0.717) is 36.0 Å². The van der Waals surface area contributed by atoms with Gasteiger partial charge in [-0.15, -0.1) is 0 Å². The fourth-order valence-corrected chi connectivity index (χ4v) is 6.00. The van der Waals surface area contributed by atoms with Crippen molar-refractivity contribution >= 4 is 26.8 Å². The maximum atomic E-state index is 13.0. The molecule has 9 heteroatoms. The number of rotatable bonds is 8. The normalized spacial score (nSPS) is 15.7. The molecule has 34 heavy (non-hydrogen) atoms. The number of para-hydroxylation sites is 1. The van der Waals surface area contributed by atoms with E-state index in [0.717, 1.165) is 35.7 Å². The largest absolute Gasteiger partial charge is 0.493 e. The molecule has 1 atom stereocenters. The molecule has 2 aromatic carbocycles. The number of aromatic nitrogens is 1. The van der Waals surface area contributed by atoms with Crippen LogP contribution in [0.15, 0.2) is 53.6 Å². The van der Waals surface area contributed by atoms with Gasteiger partial charge in [-0.3, -0.25) is 4.79 Å². The lowest BCUT2D eigenvalue weighted by molar-refractivity contribution is -0.123. The summed E-state index contributed by atoms with van der Waals surface area (Å²) >= 11 is 0. The Morgan fingerprint density at radius 2 is 1.82 bits per heavy atom. The minimum atomic E-state index is -3.51. The van der Waals surface area contributed by atoms with E-state index in [1.807, 2.05) is 35.9 Å². The molecule has 0 bridgehead atoms. The highest BCUT2D eigenvalue weighted by Crippen LogP contribution is 2.31. The second kappa shape index (κ2) is 10.1. The Hall–Kier alpha value is -3.04. The van der Waals surface area contributed by atoms with Crippen molar-refractivity contribution in [3.63, 3.8) is 0 Å². The molecule has 0 unspecified atom stereocenters. The van der Waals surface area contributed by atoms with E-state index in [2.05, 4.69) is 5.32 Å². The summed E-state index contributed by atoms with van der Waals surface area (Å²) in [6.45, 7) is 3.24. The van der Waals surface area contributed by atoms with Gasteiger partial charge >= 0.3 is 0 Å². The van der Waals surface area contributed by atoms with Gasteiger partial charge < -0.3 is 19.4 Å². The van der Waals surface area contributed by atoms with Crippen LogP contribution in [0, 0.1) is 0 Å². The van der Waals surface area contributed by atoms with Gasteiger partial charge in [-0.25, -0.2) is 8.42 Å². The van der Waals surface area contributed by atoms with Crippen molar-refractivity contribution in [2.75, 3.05) is 27.3 Å². The standard InChI is InChI=1S/C25H31N3O5S/c1-18(25(29)26-17-20-8-7-9-23(32-2)24(20)33-3)28-15-12-19-16-21(10-11-22(19)28)34(30,31)27-13-5-4-6-14-27/h7-12,15-16,18H,4-6,13-14,17H2,1-3H3,(H,26,29)/t18-/m1/s1. The first-order chi connectivity index (χ1) is 16.4. The highest BCUT2D eigenvalue weighted by atomic mass is 32.2. The fraction of sp³-hybridized carbons (Fsp3) is 0.400. The van der Waals surface area contributed by atoms with Gasteiger partial charge in [-0.2, -0.15) is 4.31 Å². The third kappa shape index (κ3) is 4.63. The first-order valence-corrected chi connectivity index (χ1v) is 12.9. The molecule has 0 aliphatic carbocycles. The Kier molecular flexibility index (Phi) is 7.13. The summed E-state index contributed by atoms with van der Waals surface area (Å²) in [5.74, 6) is 1.04. The van der Waals surface area contributed by atoms with Crippen LogP contribution in [0.5, 0.6) is 11.5 Å². The van der Waals surface area contributed by atoms with Gasteiger partial charge in [0.25, 0.3) is 0 Å². The Morgan fingerprint density at radius 3 is 2.53 bits per heavy atom. The van der Waals surface area contributed by atoms with Crippen LogP contribution in [0.4, 0.5) is 0 Å². The minimum absolute atomic E-state index is 0.160. The fourth-order valence-electron chi connectivity index (χ4n) is 4.44. The second-order valence-electron chi connectivity index (χ2n) is 8.45. The van der Waals surface area contributed by atoms with E-state index in [-0.39, 0.29) is 5.91 Å². The number of piperidine rings is 1. The van der Waals surface area contributed by atoms with Crippen molar-refractivity contribution in [1.29, 1.82) is 0 Å². The highest BCUT2D eigenvalue weighted by molar-refractivity contribution is 7.89. The summed E-state index contributed by atoms with van der Waals surface area (Å²) in [5, 5.41) is 3.74. The van der Waals surface area contributed by atoms with Crippen LogP contribution in [0.2, 0.25) is 0 Å². The number of sulfonamides is 1. The topological polar surface area (TPSA) is 89.9 Å². The molecule has 1 N–H and O–H groups in total. The summed E-state index contributed by atoms with van der Waals surface area (Å²) in [6, 6.07) is 12.0. The number of benzene rings is 2. The maximum absolute atomic E-state index is 13.0. The molecule has 0 radical (unpaired) electrons. The summed E-state index contributed by atoms with van der Waals surface area (Å²) < 4.78 is 40.2. The van der Waals surface area contributed by atoms with Crippen molar-refractivity contribution < 1.29 is 22.7 Å². The SMILES string of the molecule is COc1cccc(CNC(=O)[C@@H](C)n2ccc3cc(S(=O)(=O)N4CCCCC4)ccc32)c1OC. The summed E-state index contributed by atoms with van der Waals surface area (Å²) in [7, 11) is -0.371. The van der Waals surface area contributed by atoms with Gasteiger partial charge in [0.2, 0.25) is 15.9 Å². The monoisotopic (exact) mass is 485 g/mol. The van der Waals surface area contributed by atoms with Crippen molar-refractivity contribution in [3.8, 4) is 11.5 Å². The van der Waals surface area contributed by atoms with Crippen molar-refractivity contribution in [3.05, 3.63) is 54.2 Å². The number of carbonyl (C=O) groups excluding carboxylic acids is 1. The summed E-state index contributed by atoms with van der Waals surface area (Å²) in [6.07, 6.45) is 4.68. The van der Waals surface area contributed by atoms with Crippen molar-refractivity contribution in [2.45, 2.75) is 43.7 Å². The molecule has 1 fully saturated rings. The van der Waals surface area contributed by atoms with Gasteiger partial charge in [-0.05, 0) is 50.1 Å². The molecule has 1 aliphatic rings. The number of methoxy groups -OCH3 is 2. The van der Waals surface area contributed by atoms with Crippen LogP contribution >= 0.6 is 0 Å². The Morgan fingerprint density at radius 1 is 1.06 bits per heavy atom. The molecule has 2 heterocycles. The van der Waals surface area contributed by atoms with E-state index in [1.165, 1.54) is 0 Å². The Balaban J connectivity index is 1.51. The van der Waals surface area contributed by atoms with E-state index < -0.39 is 16.1 Å². The molecule has 0 spiro atoms. The van der Waals surface area contributed by atoms with E-state index in [4.69, 9.17) is 9.47 Å². The van der Waals surface area contributed by atoms with Gasteiger partial charge in [0.1, 0.15) is 6.04 Å². The molecule has 1 amide bonds. The predicted molar refractivity (Wildman–Crippen MR) is 131 cm³/mol. The van der Waals surface area contributed by atoms with Crippen LogP contribution in [0.25, 0.3) is 10.9 Å². The molecule has 8 nitrogen and oxygen atoms in total. The molecule has 182 valence electrons. The lowest BCUT2D eigenvalue weighted by Gasteiger charge is -2.26. The highest BCUT2D eigenvalue weighted by Gasteiger charge is 2.26. The number of nitrogens with zero attached hydrogens (tertiary/aromatic N) is 2. The van der Waals surface area contributed by atoms with Crippen LogP contribution in [0.1, 0.15) is 37.8 Å². The molecule has 3 aromatic rings. The van der Waals surface area contributed by atoms with Gasteiger partial charge in [-0.1, -0.05) is 18.6 Å². The maximum Gasteiger partial charge on any atom is 0.243 e. The van der Waals surface area contributed by atoms with Crippen molar-refractivity contribution in [1.82, 2.24) is 14.2 Å². The number of fused-ring (bicyclic) bond motifs is 1. The van der Waals surface area contributed by atoms with E-state index in [9.17, 15) is 13.2 Å². The van der Waals surface area contributed by atoms with Crippen molar-refractivity contribution in [2.24, 2.45) is 0 Å².